The van der Waals surface area contributed by atoms with E-state index in [2.05, 4.69) is 16.8 Å². The minimum absolute atomic E-state index is 0.112. The highest BCUT2D eigenvalue weighted by Gasteiger charge is 2.21. The largest absolute Gasteiger partial charge is 0.399 e. The predicted molar refractivity (Wildman–Crippen MR) is 76.7 cm³/mol. The quantitative estimate of drug-likeness (QED) is 0.744. The summed E-state index contributed by atoms with van der Waals surface area (Å²) >= 11 is 0. The zero-order valence-corrected chi connectivity index (χ0v) is 12.1. The molecule has 7 heteroatoms. The molecule has 4 N–H and O–H groups in total. The number of benzene rings is 1. The average molecular weight is 284 g/mol. The Bertz CT molecular complexity index is 578. The Balaban J connectivity index is 2.44. The number of hydrogen-bond donors (Lipinski definition) is 2. The van der Waals surface area contributed by atoms with E-state index in [1.54, 1.807) is 6.92 Å². The lowest BCUT2D eigenvalue weighted by Crippen LogP contribution is -2.44. The first-order valence-corrected chi connectivity index (χ1v) is 7.70. The number of likely N-dealkylation sites (N-methyl/N-ethyl adjacent to an activating group) is 1. The summed E-state index contributed by atoms with van der Waals surface area (Å²) in [4.78, 5) is 4.50. The van der Waals surface area contributed by atoms with Crippen molar-refractivity contribution in [3.63, 3.8) is 0 Å². The predicted octanol–water partition coefficient (Wildman–Crippen LogP) is -0.0236. The molecule has 1 heterocycles. The molecule has 1 aliphatic heterocycles. The lowest BCUT2D eigenvalue weighted by molar-refractivity contribution is 0.312. The van der Waals surface area contributed by atoms with E-state index in [0.717, 1.165) is 31.9 Å². The fraction of sp³-hybridized carbons (Fsp3) is 0.500. The van der Waals surface area contributed by atoms with E-state index < -0.39 is 10.0 Å². The number of hydrogen-bond acceptors (Lipinski definition) is 5. The van der Waals surface area contributed by atoms with Crippen LogP contribution >= 0.6 is 0 Å². The molecule has 0 saturated carbocycles. The van der Waals surface area contributed by atoms with Gasteiger partial charge in [-0.05, 0) is 31.7 Å². The summed E-state index contributed by atoms with van der Waals surface area (Å²) < 4.78 is 23.2. The van der Waals surface area contributed by atoms with Gasteiger partial charge in [0.15, 0.2) is 0 Å². The van der Waals surface area contributed by atoms with Crippen LogP contribution in [-0.4, -0.2) is 46.5 Å². The minimum Gasteiger partial charge on any atom is -0.399 e. The van der Waals surface area contributed by atoms with Crippen molar-refractivity contribution < 1.29 is 8.42 Å². The highest BCUT2D eigenvalue weighted by molar-refractivity contribution is 7.89. The zero-order valence-electron chi connectivity index (χ0n) is 11.3. The van der Waals surface area contributed by atoms with Gasteiger partial charge in [0.1, 0.15) is 0 Å². The minimum atomic E-state index is -3.75. The van der Waals surface area contributed by atoms with Gasteiger partial charge in [0.2, 0.25) is 10.0 Å². The van der Waals surface area contributed by atoms with E-state index in [1.165, 1.54) is 6.07 Å². The smallest absolute Gasteiger partial charge is 0.238 e. The van der Waals surface area contributed by atoms with Crippen molar-refractivity contribution in [3.05, 3.63) is 17.7 Å². The summed E-state index contributed by atoms with van der Waals surface area (Å²) in [5, 5.41) is 5.24. The third kappa shape index (κ3) is 2.99. The molecule has 0 spiro atoms. The highest BCUT2D eigenvalue weighted by Crippen LogP contribution is 2.29. The van der Waals surface area contributed by atoms with Crippen molar-refractivity contribution in [2.75, 3.05) is 43.9 Å². The van der Waals surface area contributed by atoms with E-state index in [-0.39, 0.29) is 4.90 Å². The molecule has 1 fully saturated rings. The fourth-order valence-corrected chi connectivity index (χ4v) is 3.20. The van der Waals surface area contributed by atoms with Gasteiger partial charge in [-0.3, -0.25) is 0 Å². The summed E-state index contributed by atoms with van der Waals surface area (Å²) in [5.41, 5.74) is 7.75. The number of nitrogen functional groups attached to an aromatic ring is 1. The van der Waals surface area contributed by atoms with Crippen LogP contribution in [0.5, 0.6) is 0 Å². The number of anilines is 2. The number of sulfonamides is 1. The van der Waals surface area contributed by atoms with Crippen LogP contribution in [0.25, 0.3) is 0 Å². The van der Waals surface area contributed by atoms with E-state index in [1.807, 2.05) is 6.07 Å². The second kappa shape index (κ2) is 4.99. The van der Waals surface area contributed by atoms with Crippen LogP contribution in [0.4, 0.5) is 11.4 Å². The van der Waals surface area contributed by atoms with Gasteiger partial charge >= 0.3 is 0 Å². The van der Waals surface area contributed by atoms with Gasteiger partial charge < -0.3 is 15.5 Å². The molecular weight excluding hydrogens is 264 g/mol. The Morgan fingerprint density at radius 1 is 1.16 bits per heavy atom. The Morgan fingerprint density at radius 3 is 2.26 bits per heavy atom. The van der Waals surface area contributed by atoms with Crippen LogP contribution in [-0.2, 0) is 10.0 Å². The monoisotopic (exact) mass is 284 g/mol. The molecule has 0 amide bonds. The topological polar surface area (TPSA) is 92.7 Å². The third-order valence-corrected chi connectivity index (χ3v) is 4.54. The third-order valence-electron chi connectivity index (χ3n) is 3.51. The van der Waals surface area contributed by atoms with Gasteiger partial charge in [-0.25, -0.2) is 13.6 Å². The number of piperazine rings is 1. The summed E-state index contributed by atoms with van der Waals surface area (Å²) in [5.74, 6) is 0. The van der Waals surface area contributed by atoms with Crippen molar-refractivity contribution in [1.29, 1.82) is 0 Å². The van der Waals surface area contributed by atoms with E-state index in [0.29, 0.717) is 11.3 Å². The molecule has 0 aliphatic carbocycles. The maximum absolute atomic E-state index is 11.6. The van der Waals surface area contributed by atoms with Gasteiger partial charge in [0.05, 0.1) is 4.90 Å². The molecule has 106 valence electrons. The van der Waals surface area contributed by atoms with E-state index in [9.17, 15) is 8.42 Å². The molecule has 1 aliphatic rings. The molecule has 1 saturated heterocycles. The van der Waals surface area contributed by atoms with E-state index in [4.69, 9.17) is 10.9 Å². The average Bonchev–Trinajstić information content (AvgIpc) is 2.31. The van der Waals surface area contributed by atoms with Gasteiger partial charge in [-0.1, -0.05) is 0 Å². The normalized spacial score (nSPS) is 17.7. The highest BCUT2D eigenvalue weighted by atomic mass is 32.2. The molecule has 2 rings (SSSR count). The van der Waals surface area contributed by atoms with Crippen LogP contribution < -0.4 is 15.8 Å². The van der Waals surface area contributed by atoms with Gasteiger partial charge in [-0.15, -0.1) is 0 Å². The second-order valence-corrected chi connectivity index (χ2v) is 6.53. The van der Waals surface area contributed by atoms with Crippen molar-refractivity contribution in [3.8, 4) is 0 Å². The Hall–Kier alpha value is -1.31. The Kier molecular flexibility index (Phi) is 3.71. The molecule has 0 aromatic heterocycles. The molecule has 0 unspecified atom stereocenters. The van der Waals surface area contributed by atoms with Crippen molar-refractivity contribution in [2.45, 2.75) is 11.8 Å². The van der Waals surface area contributed by atoms with Crippen molar-refractivity contribution in [2.24, 2.45) is 5.14 Å². The number of primary sulfonamides is 1. The van der Waals surface area contributed by atoms with Crippen LogP contribution in [0.1, 0.15) is 5.56 Å². The second-order valence-electron chi connectivity index (χ2n) is 5.00. The zero-order chi connectivity index (χ0) is 14.2. The Morgan fingerprint density at radius 2 is 1.74 bits per heavy atom. The molecule has 0 bridgehead atoms. The summed E-state index contributed by atoms with van der Waals surface area (Å²) in [6, 6.07) is 3.24. The van der Waals surface area contributed by atoms with Crippen LogP contribution in [0.3, 0.4) is 0 Å². The number of nitrogens with zero attached hydrogens (tertiary/aromatic N) is 2. The first-order chi connectivity index (χ1) is 8.79. The van der Waals surface area contributed by atoms with Crippen molar-refractivity contribution in [1.82, 2.24) is 4.90 Å². The number of nitrogens with two attached hydrogens (primary N) is 2. The molecule has 19 heavy (non-hydrogen) atoms. The van der Waals surface area contributed by atoms with Gasteiger partial charge in [-0.2, -0.15) is 0 Å². The first-order valence-electron chi connectivity index (χ1n) is 6.15. The lowest BCUT2D eigenvalue weighted by atomic mass is 10.1. The molecule has 6 nitrogen and oxygen atoms in total. The van der Waals surface area contributed by atoms with Crippen LogP contribution in [0.2, 0.25) is 0 Å². The molecule has 0 radical (unpaired) electrons. The number of rotatable bonds is 2. The standard InChI is InChI=1S/C12H20N4O2S/c1-9-11(16-5-3-15(2)4-6-16)7-10(13)8-12(9)19(14,17)18/h7-8H,3-6,13H2,1-2H3,(H2,14,17,18). The Labute approximate surface area is 114 Å². The summed E-state index contributed by atoms with van der Waals surface area (Å²) in [6.07, 6.45) is 0. The molecule has 1 aromatic carbocycles. The first kappa shape index (κ1) is 14.1. The van der Waals surface area contributed by atoms with E-state index >= 15 is 0 Å². The maximum Gasteiger partial charge on any atom is 0.238 e. The summed E-state index contributed by atoms with van der Waals surface area (Å²) in [7, 11) is -1.68. The fourth-order valence-electron chi connectivity index (χ4n) is 2.36. The van der Waals surface area contributed by atoms with Gasteiger partial charge in [0.25, 0.3) is 0 Å². The lowest BCUT2D eigenvalue weighted by Gasteiger charge is -2.35. The van der Waals surface area contributed by atoms with Gasteiger partial charge in [0, 0.05) is 37.6 Å². The van der Waals surface area contributed by atoms with Crippen LogP contribution in [0, 0.1) is 6.92 Å². The van der Waals surface area contributed by atoms with Crippen molar-refractivity contribution >= 4 is 21.4 Å². The molecule has 1 aromatic rings. The van der Waals surface area contributed by atoms with Crippen LogP contribution in [0.15, 0.2) is 17.0 Å². The SMILES string of the molecule is Cc1c(N2CCN(C)CC2)cc(N)cc1S(N)(=O)=O. The molecule has 0 atom stereocenters. The maximum atomic E-state index is 11.6. The summed E-state index contributed by atoms with van der Waals surface area (Å²) in [6.45, 7) is 5.36. The molecular formula is C12H20N4O2S.